The van der Waals surface area contributed by atoms with Crippen molar-refractivity contribution in [2.45, 2.75) is 6.18 Å². The van der Waals surface area contributed by atoms with Crippen LogP contribution >= 0.6 is 0 Å². The number of carbonyl (C=O) groups is 1. The summed E-state index contributed by atoms with van der Waals surface area (Å²) >= 11 is 0. The molecule has 1 aromatic carbocycles. The van der Waals surface area contributed by atoms with Crippen molar-refractivity contribution in [3.05, 3.63) is 41.5 Å². The van der Waals surface area contributed by atoms with Crippen molar-refractivity contribution in [3.8, 4) is 6.07 Å². The number of aliphatic hydroxyl groups is 1. The summed E-state index contributed by atoms with van der Waals surface area (Å²) in [6, 6.07) is 8.14. The third-order valence-electron chi connectivity index (χ3n) is 2.51. The minimum atomic E-state index is -4.52. The Morgan fingerprint density at radius 1 is 1.33 bits per heavy atom. The third kappa shape index (κ3) is 6.10. The normalized spacial score (nSPS) is 11.4. The lowest BCUT2D eigenvalue weighted by molar-refractivity contribution is -0.158. The average molecular weight is 298 g/mol. The van der Waals surface area contributed by atoms with E-state index in [0.29, 0.717) is 16.0 Å². The molecule has 112 valence electrons. The topological polar surface area (TPSA) is 64.3 Å². The molecule has 1 amide bonds. The smallest absolute Gasteiger partial charge is 0.395 e. The Morgan fingerprint density at radius 2 is 1.95 bits per heavy atom. The van der Waals surface area contributed by atoms with Gasteiger partial charge in [0, 0.05) is 12.6 Å². The van der Waals surface area contributed by atoms with Crippen molar-refractivity contribution < 1.29 is 23.1 Å². The summed E-state index contributed by atoms with van der Waals surface area (Å²) in [5.41, 5.74) is 1.02. The third-order valence-corrected chi connectivity index (χ3v) is 2.51. The van der Waals surface area contributed by atoms with E-state index in [4.69, 9.17) is 10.4 Å². The Kier molecular flexibility index (Phi) is 5.93. The fraction of sp³-hybridized carbons (Fsp3) is 0.286. The standard InChI is InChI=1S/C14H13F3N2O2/c15-14(16,17)10-19(7-8-20)13(21)6-5-11-1-3-12(9-18)4-2-11/h1-6,20H,7-8,10H2/b6-5+. The fourth-order valence-corrected chi connectivity index (χ4v) is 1.55. The fourth-order valence-electron chi connectivity index (χ4n) is 1.55. The first-order valence-corrected chi connectivity index (χ1v) is 6.00. The van der Waals surface area contributed by atoms with Crippen LogP contribution in [0, 0.1) is 11.3 Å². The van der Waals surface area contributed by atoms with Crippen LogP contribution in [-0.4, -0.2) is 41.8 Å². The molecule has 0 aliphatic carbocycles. The summed E-state index contributed by atoms with van der Waals surface area (Å²) < 4.78 is 36.9. The number of carbonyl (C=O) groups excluding carboxylic acids is 1. The lowest BCUT2D eigenvalue weighted by Crippen LogP contribution is -2.39. The van der Waals surface area contributed by atoms with E-state index in [1.807, 2.05) is 6.07 Å². The average Bonchev–Trinajstić information content (AvgIpc) is 2.43. The van der Waals surface area contributed by atoms with E-state index in [1.54, 1.807) is 12.1 Å². The first kappa shape index (κ1) is 16.7. The highest BCUT2D eigenvalue weighted by Gasteiger charge is 2.32. The van der Waals surface area contributed by atoms with Gasteiger partial charge in [0.2, 0.25) is 5.91 Å². The van der Waals surface area contributed by atoms with E-state index >= 15 is 0 Å². The van der Waals surface area contributed by atoms with Crippen LogP contribution in [0.2, 0.25) is 0 Å². The lowest BCUT2D eigenvalue weighted by atomic mass is 10.1. The molecular weight excluding hydrogens is 285 g/mol. The highest BCUT2D eigenvalue weighted by atomic mass is 19.4. The Bertz CT molecular complexity index is 545. The van der Waals surface area contributed by atoms with E-state index in [1.165, 1.54) is 18.2 Å². The summed E-state index contributed by atoms with van der Waals surface area (Å²) in [6.45, 7) is -2.35. The molecule has 4 nitrogen and oxygen atoms in total. The second-order valence-corrected chi connectivity index (χ2v) is 4.17. The molecule has 0 aliphatic heterocycles. The number of amides is 1. The number of aliphatic hydroxyl groups excluding tert-OH is 1. The number of hydrogen-bond acceptors (Lipinski definition) is 3. The zero-order chi connectivity index (χ0) is 15.9. The predicted molar refractivity (Wildman–Crippen MR) is 69.9 cm³/mol. The van der Waals surface area contributed by atoms with E-state index < -0.39 is 31.8 Å². The molecule has 1 rings (SSSR count). The Hall–Kier alpha value is -2.33. The van der Waals surface area contributed by atoms with Gasteiger partial charge in [-0.05, 0) is 23.8 Å². The van der Waals surface area contributed by atoms with Crippen LogP contribution in [0.4, 0.5) is 13.2 Å². The van der Waals surface area contributed by atoms with Gasteiger partial charge in [-0.2, -0.15) is 18.4 Å². The first-order valence-electron chi connectivity index (χ1n) is 6.00. The molecule has 0 fully saturated rings. The van der Waals surface area contributed by atoms with Crippen LogP contribution < -0.4 is 0 Å². The largest absolute Gasteiger partial charge is 0.406 e. The Labute approximate surface area is 119 Å². The molecule has 0 aromatic heterocycles. The van der Waals surface area contributed by atoms with Crippen LogP contribution in [0.15, 0.2) is 30.3 Å². The van der Waals surface area contributed by atoms with Crippen molar-refractivity contribution in [1.82, 2.24) is 4.90 Å². The summed E-state index contributed by atoms with van der Waals surface area (Å²) in [7, 11) is 0. The summed E-state index contributed by atoms with van der Waals surface area (Å²) in [5, 5.41) is 17.3. The molecule has 0 heterocycles. The van der Waals surface area contributed by atoms with Gasteiger partial charge in [-0.15, -0.1) is 0 Å². The second-order valence-electron chi connectivity index (χ2n) is 4.17. The molecule has 0 spiro atoms. The van der Waals surface area contributed by atoms with Gasteiger partial charge < -0.3 is 10.0 Å². The zero-order valence-electron chi connectivity index (χ0n) is 11.0. The van der Waals surface area contributed by atoms with Crippen molar-refractivity contribution in [2.24, 2.45) is 0 Å². The number of rotatable bonds is 5. The second kappa shape index (κ2) is 7.45. The maximum atomic E-state index is 12.3. The molecule has 0 aliphatic rings. The van der Waals surface area contributed by atoms with Gasteiger partial charge in [0.1, 0.15) is 6.54 Å². The van der Waals surface area contributed by atoms with Crippen LogP contribution in [0.3, 0.4) is 0 Å². The Morgan fingerprint density at radius 3 is 2.43 bits per heavy atom. The van der Waals surface area contributed by atoms with Gasteiger partial charge in [0.15, 0.2) is 0 Å². The highest BCUT2D eigenvalue weighted by molar-refractivity contribution is 5.91. The molecule has 0 unspecified atom stereocenters. The summed E-state index contributed by atoms with van der Waals surface area (Å²) in [5.74, 6) is -0.842. The van der Waals surface area contributed by atoms with Crippen LogP contribution in [0.5, 0.6) is 0 Å². The first-order chi connectivity index (χ1) is 9.85. The maximum Gasteiger partial charge on any atom is 0.406 e. The number of hydrogen-bond donors (Lipinski definition) is 1. The molecular formula is C14H13F3N2O2. The summed E-state index contributed by atoms with van der Waals surface area (Å²) in [6.07, 6.45) is -2.17. The molecule has 0 bridgehead atoms. The molecule has 0 saturated carbocycles. The number of alkyl halides is 3. The monoisotopic (exact) mass is 298 g/mol. The van der Waals surface area contributed by atoms with Gasteiger partial charge in [-0.1, -0.05) is 12.1 Å². The number of halogens is 3. The van der Waals surface area contributed by atoms with Gasteiger partial charge in [-0.3, -0.25) is 4.79 Å². The van der Waals surface area contributed by atoms with E-state index in [2.05, 4.69) is 0 Å². The van der Waals surface area contributed by atoms with Crippen molar-refractivity contribution >= 4 is 12.0 Å². The SMILES string of the molecule is N#Cc1ccc(/C=C/C(=O)N(CCO)CC(F)(F)F)cc1. The quantitative estimate of drug-likeness (QED) is 0.845. The molecule has 1 N–H and O–H groups in total. The highest BCUT2D eigenvalue weighted by Crippen LogP contribution is 2.16. The number of nitrogens with zero attached hydrogens (tertiary/aromatic N) is 2. The molecule has 0 radical (unpaired) electrons. The molecule has 1 aromatic rings. The number of benzene rings is 1. The van der Waals surface area contributed by atoms with E-state index in [9.17, 15) is 18.0 Å². The molecule has 0 atom stereocenters. The van der Waals surface area contributed by atoms with Crippen molar-refractivity contribution in [2.75, 3.05) is 19.7 Å². The maximum absolute atomic E-state index is 12.3. The predicted octanol–water partition coefficient (Wildman–Crippen LogP) is 1.95. The Balaban J connectivity index is 2.75. The van der Waals surface area contributed by atoms with Crippen molar-refractivity contribution in [1.29, 1.82) is 5.26 Å². The van der Waals surface area contributed by atoms with Crippen LogP contribution in [0.1, 0.15) is 11.1 Å². The van der Waals surface area contributed by atoms with Gasteiger partial charge in [0.05, 0.1) is 18.2 Å². The van der Waals surface area contributed by atoms with Gasteiger partial charge in [-0.25, -0.2) is 0 Å². The minimum Gasteiger partial charge on any atom is -0.395 e. The molecule has 7 heteroatoms. The molecule has 21 heavy (non-hydrogen) atoms. The zero-order valence-corrected chi connectivity index (χ0v) is 11.0. The minimum absolute atomic E-state index is 0.393. The van der Waals surface area contributed by atoms with Crippen molar-refractivity contribution in [3.63, 3.8) is 0 Å². The van der Waals surface area contributed by atoms with E-state index in [-0.39, 0.29) is 0 Å². The molecule has 0 saturated heterocycles. The van der Waals surface area contributed by atoms with Crippen LogP contribution in [-0.2, 0) is 4.79 Å². The van der Waals surface area contributed by atoms with Crippen LogP contribution in [0.25, 0.3) is 6.08 Å². The number of nitriles is 1. The lowest BCUT2D eigenvalue weighted by Gasteiger charge is -2.21. The van der Waals surface area contributed by atoms with Gasteiger partial charge in [0.25, 0.3) is 0 Å². The van der Waals surface area contributed by atoms with E-state index in [0.717, 1.165) is 6.08 Å². The van der Waals surface area contributed by atoms with Gasteiger partial charge >= 0.3 is 6.18 Å². The summed E-state index contributed by atoms with van der Waals surface area (Å²) in [4.78, 5) is 12.2.